The first kappa shape index (κ1) is 12.0. The zero-order valence-electron chi connectivity index (χ0n) is 10.8. The largest absolute Gasteiger partial charge is 0.311 e. The average Bonchev–Trinajstić information content (AvgIpc) is 2.76. The smallest absolute Gasteiger partial charge is 0.179 e. The molecular weight excluding hydrogens is 243 g/mol. The second-order valence-corrected chi connectivity index (χ2v) is 5.03. The highest BCUT2D eigenvalue weighted by atomic mass is 19.1. The van der Waals surface area contributed by atoms with Gasteiger partial charge in [-0.25, -0.2) is 4.39 Å². The highest BCUT2D eigenvalue weighted by molar-refractivity contribution is 5.82. The number of nitriles is 1. The van der Waals surface area contributed by atoms with Crippen molar-refractivity contribution in [3.63, 3.8) is 0 Å². The first-order chi connectivity index (χ1) is 9.19. The van der Waals surface area contributed by atoms with Crippen LogP contribution in [0.15, 0.2) is 18.2 Å². The van der Waals surface area contributed by atoms with Crippen LogP contribution in [0.25, 0.3) is 10.9 Å². The Hall–Kier alpha value is -2.09. The number of likely N-dealkylation sites (tertiary alicyclic amines) is 1. The van der Waals surface area contributed by atoms with E-state index in [1.165, 1.54) is 12.1 Å². The van der Waals surface area contributed by atoms with Crippen LogP contribution in [-0.2, 0) is 7.05 Å². The van der Waals surface area contributed by atoms with Crippen molar-refractivity contribution in [1.82, 2.24) is 14.7 Å². The summed E-state index contributed by atoms with van der Waals surface area (Å²) >= 11 is 0. The van der Waals surface area contributed by atoms with Crippen LogP contribution in [-0.4, -0.2) is 27.8 Å². The second kappa shape index (κ2) is 4.54. The number of hydrogen-bond acceptors (Lipinski definition) is 3. The van der Waals surface area contributed by atoms with E-state index in [-0.39, 0.29) is 5.82 Å². The molecule has 98 valence electrons. The van der Waals surface area contributed by atoms with Gasteiger partial charge in [-0.3, -0.25) is 4.68 Å². The molecule has 1 fully saturated rings. The molecule has 0 bridgehead atoms. The van der Waals surface area contributed by atoms with E-state index >= 15 is 0 Å². The van der Waals surface area contributed by atoms with Gasteiger partial charge in [0.15, 0.2) is 6.19 Å². The van der Waals surface area contributed by atoms with Gasteiger partial charge in [-0.15, -0.1) is 0 Å². The van der Waals surface area contributed by atoms with Crippen LogP contribution >= 0.6 is 0 Å². The van der Waals surface area contributed by atoms with Crippen LogP contribution < -0.4 is 0 Å². The fourth-order valence-corrected chi connectivity index (χ4v) is 2.81. The lowest BCUT2D eigenvalue weighted by Crippen LogP contribution is -2.29. The molecule has 0 spiro atoms. The number of hydrogen-bond donors (Lipinski definition) is 0. The molecule has 0 amide bonds. The first-order valence-electron chi connectivity index (χ1n) is 6.46. The third kappa shape index (κ3) is 2.03. The second-order valence-electron chi connectivity index (χ2n) is 5.03. The predicted octanol–water partition coefficient (Wildman–Crippen LogP) is 2.37. The van der Waals surface area contributed by atoms with Crippen molar-refractivity contribution in [3.8, 4) is 6.19 Å². The Morgan fingerprint density at radius 3 is 2.79 bits per heavy atom. The number of piperidine rings is 1. The minimum absolute atomic E-state index is 0.235. The molecular formula is C14H15FN4. The molecule has 3 rings (SSSR count). The summed E-state index contributed by atoms with van der Waals surface area (Å²) in [6.07, 6.45) is 4.04. The molecule has 1 aromatic carbocycles. The van der Waals surface area contributed by atoms with Gasteiger partial charge in [0.25, 0.3) is 0 Å². The number of halogens is 1. The highest BCUT2D eigenvalue weighted by Gasteiger charge is 2.24. The molecule has 5 heteroatoms. The molecule has 0 saturated carbocycles. The summed E-state index contributed by atoms with van der Waals surface area (Å²) in [7, 11) is 1.84. The minimum atomic E-state index is -0.235. The van der Waals surface area contributed by atoms with E-state index in [2.05, 4.69) is 11.3 Å². The average molecular weight is 258 g/mol. The molecule has 2 aromatic rings. The summed E-state index contributed by atoms with van der Waals surface area (Å²) in [6, 6.07) is 4.82. The van der Waals surface area contributed by atoms with E-state index in [1.54, 1.807) is 9.58 Å². The molecule has 1 aliphatic heterocycles. The van der Waals surface area contributed by atoms with Gasteiger partial charge in [0.1, 0.15) is 5.82 Å². The zero-order valence-corrected chi connectivity index (χ0v) is 10.8. The third-order valence-electron chi connectivity index (χ3n) is 3.87. The van der Waals surface area contributed by atoms with Gasteiger partial charge < -0.3 is 4.90 Å². The van der Waals surface area contributed by atoms with E-state index < -0.39 is 0 Å². The lowest BCUT2D eigenvalue weighted by Gasteiger charge is -2.27. The molecule has 0 N–H and O–H groups in total. The normalized spacial score (nSPS) is 16.8. The van der Waals surface area contributed by atoms with Gasteiger partial charge in [0, 0.05) is 31.4 Å². The Morgan fingerprint density at radius 1 is 1.37 bits per heavy atom. The highest BCUT2D eigenvalue weighted by Crippen LogP contribution is 2.32. The minimum Gasteiger partial charge on any atom is -0.311 e. The maximum absolute atomic E-state index is 13.3. The summed E-state index contributed by atoms with van der Waals surface area (Å²) in [5.41, 5.74) is 1.87. The van der Waals surface area contributed by atoms with Gasteiger partial charge in [-0.1, -0.05) is 0 Å². The molecule has 1 saturated heterocycles. The fraction of sp³-hybridized carbons (Fsp3) is 0.429. The summed E-state index contributed by atoms with van der Waals surface area (Å²) in [4.78, 5) is 1.78. The van der Waals surface area contributed by atoms with Gasteiger partial charge in [0.2, 0.25) is 0 Å². The Labute approximate surface area is 111 Å². The van der Waals surface area contributed by atoms with E-state index in [9.17, 15) is 4.39 Å². The number of fused-ring (bicyclic) bond motifs is 1. The summed E-state index contributed by atoms with van der Waals surface area (Å²) < 4.78 is 15.0. The van der Waals surface area contributed by atoms with Crippen molar-refractivity contribution in [2.24, 2.45) is 7.05 Å². The SMILES string of the molecule is Cn1nc(C2CCN(C#N)CC2)c2ccc(F)cc21. The third-order valence-corrected chi connectivity index (χ3v) is 3.87. The van der Waals surface area contributed by atoms with Crippen molar-refractivity contribution in [3.05, 3.63) is 29.7 Å². The fourth-order valence-electron chi connectivity index (χ4n) is 2.81. The Morgan fingerprint density at radius 2 is 2.11 bits per heavy atom. The molecule has 1 aliphatic rings. The Bertz CT molecular complexity index is 647. The first-order valence-corrected chi connectivity index (χ1v) is 6.46. The molecule has 4 nitrogen and oxygen atoms in total. The number of aryl methyl sites for hydroxylation is 1. The van der Waals surface area contributed by atoms with Crippen molar-refractivity contribution in [2.75, 3.05) is 13.1 Å². The number of aromatic nitrogens is 2. The quantitative estimate of drug-likeness (QED) is 0.738. The standard InChI is InChI=1S/C14H15FN4/c1-18-13-8-11(15)2-3-12(13)14(17-18)10-4-6-19(9-16)7-5-10/h2-3,8,10H,4-7H2,1H3. The lowest BCUT2D eigenvalue weighted by atomic mass is 9.92. The molecule has 1 aromatic heterocycles. The molecule has 0 atom stereocenters. The van der Waals surface area contributed by atoms with E-state index in [0.717, 1.165) is 42.5 Å². The zero-order chi connectivity index (χ0) is 13.4. The van der Waals surface area contributed by atoms with E-state index in [0.29, 0.717) is 5.92 Å². The molecule has 0 aliphatic carbocycles. The molecule has 0 radical (unpaired) electrons. The summed E-state index contributed by atoms with van der Waals surface area (Å²) in [6.45, 7) is 1.56. The van der Waals surface area contributed by atoms with E-state index in [4.69, 9.17) is 5.26 Å². The molecule has 0 unspecified atom stereocenters. The Balaban J connectivity index is 1.96. The maximum Gasteiger partial charge on any atom is 0.179 e. The van der Waals surface area contributed by atoms with Crippen LogP contribution in [0, 0.1) is 17.3 Å². The maximum atomic E-state index is 13.3. The topological polar surface area (TPSA) is 44.9 Å². The molecule has 2 heterocycles. The monoisotopic (exact) mass is 258 g/mol. The van der Waals surface area contributed by atoms with Crippen LogP contribution in [0.4, 0.5) is 4.39 Å². The lowest BCUT2D eigenvalue weighted by molar-refractivity contribution is 0.293. The number of benzene rings is 1. The predicted molar refractivity (Wildman–Crippen MR) is 69.8 cm³/mol. The van der Waals surface area contributed by atoms with Crippen LogP contribution in [0.5, 0.6) is 0 Å². The van der Waals surface area contributed by atoms with Crippen molar-refractivity contribution in [1.29, 1.82) is 5.26 Å². The van der Waals surface area contributed by atoms with Crippen molar-refractivity contribution < 1.29 is 4.39 Å². The molecule has 19 heavy (non-hydrogen) atoms. The van der Waals surface area contributed by atoms with Gasteiger partial charge in [0.05, 0.1) is 11.2 Å². The Kier molecular flexibility index (Phi) is 2.86. The summed E-state index contributed by atoms with van der Waals surface area (Å²) in [5.74, 6) is 0.125. The van der Waals surface area contributed by atoms with Crippen molar-refractivity contribution >= 4 is 10.9 Å². The van der Waals surface area contributed by atoms with Gasteiger partial charge in [-0.05, 0) is 31.0 Å². The number of nitrogens with zero attached hydrogens (tertiary/aromatic N) is 4. The van der Waals surface area contributed by atoms with Crippen LogP contribution in [0.2, 0.25) is 0 Å². The number of rotatable bonds is 1. The van der Waals surface area contributed by atoms with E-state index in [1.807, 2.05) is 13.1 Å². The van der Waals surface area contributed by atoms with Gasteiger partial charge in [-0.2, -0.15) is 10.4 Å². The van der Waals surface area contributed by atoms with Crippen LogP contribution in [0.3, 0.4) is 0 Å². The van der Waals surface area contributed by atoms with Gasteiger partial charge >= 0.3 is 0 Å². The van der Waals surface area contributed by atoms with Crippen molar-refractivity contribution in [2.45, 2.75) is 18.8 Å². The summed E-state index contributed by atoms with van der Waals surface area (Å²) in [5, 5.41) is 14.4. The van der Waals surface area contributed by atoms with Crippen LogP contribution in [0.1, 0.15) is 24.5 Å².